The standard InChI is InChI=1S/C12H24N2O2.C2H6/c1-11(2,3)16-10(15)13-12(4)6-8-14(5)9-7-12;1-2/h6-9H2,1-5H3,(H,13,15);1-2H3. The van der Waals surface area contributed by atoms with Gasteiger partial charge in [-0.15, -0.1) is 0 Å². The maximum atomic E-state index is 11.7. The van der Waals surface area contributed by atoms with Crippen LogP contribution in [-0.4, -0.2) is 42.3 Å². The molecule has 0 radical (unpaired) electrons. The molecule has 0 unspecified atom stereocenters. The molecule has 0 saturated carbocycles. The van der Waals surface area contributed by atoms with Gasteiger partial charge in [-0.25, -0.2) is 4.79 Å². The molecule has 1 aliphatic heterocycles. The normalized spacial score (nSPS) is 19.5. The monoisotopic (exact) mass is 258 g/mol. The number of alkyl carbamates (subject to hydrolysis) is 1. The fourth-order valence-corrected chi connectivity index (χ4v) is 1.79. The molecule has 1 amide bonds. The Labute approximate surface area is 112 Å². The van der Waals surface area contributed by atoms with E-state index in [-0.39, 0.29) is 11.6 Å². The molecule has 0 spiro atoms. The maximum Gasteiger partial charge on any atom is 0.408 e. The molecular weight excluding hydrogens is 228 g/mol. The van der Waals surface area contributed by atoms with E-state index in [1.165, 1.54) is 0 Å². The third-order valence-electron chi connectivity index (χ3n) is 2.89. The molecule has 0 bridgehead atoms. The summed E-state index contributed by atoms with van der Waals surface area (Å²) in [4.78, 5) is 13.9. The molecule has 1 heterocycles. The van der Waals surface area contributed by atoms with E-state index in [4.69, 9.17) is 4.74 Å². The lowest BCUT2D eigenvalue weighted by Gasteiger charge is -2.38. The van der Waals surface area contributed by atoms with Crippen molar-refractivity contribution < 1.29 is 9.53 Å². The van der Waals surface area contributed by atoms with E-state index in [0.717, 1.165) is 25.9 Å². The number of ether oxygens (including phenoxy) is 1. The summed E-state index contributed by atoms with van der Waals surface area (Å²) in [5, 5.41) is 2.98. The Morgan fingerprint density at radius 2 is 1.67 bits per heavy atom. The number of likely N-dealkylation sites (tertiary alicyclic amines) is 1. The highest BCUT2D eigenvalue weighted by atomic mass is 16.6. The van der Waals surface area contributed by atoms with E-state index >= 15 is 0 Å². The highest BCUT2D eigenvalue weighted by molar-refractivity contribution is 5.68. The second-order valence-electron chi connectivity index (χ2n) is 5.99. The Hall–Kier alpha value is -0.770. The predicted molar refractivity (Wildman–Crippen MR) is 75.9 cm³/mol. The van der Waals surface area contributed by atoms with Crippen LogP contribution in [0, 0.1) is 0 Å². The molecule has 0 aromatic rings. The summed E-state index contributed by atoms with van der Waals surface area (Å²) in [7, 11) is 2.10. The van der Waals surface area contributed by atoms with Gasteiger partial charge in [0.15, 0.2) is 0 Å². The minimum atomic E-state index is -0.425. The predicted octanol–water partition coefficient (Wildman–Crippen LogP) is 3.02. The van der Waals surface area contributed by atoms with Crippen molar-refractivity contribution in [3.63, 3.8) is 0 Å². The molecule has 108 valence electrons. The van der Waals surface area contributed by atoms with Crippen molar-refractivity contribution in [3.05, 3.63) is 0 Å². The summed E-state index contributed by atoms with van der Waals surface area (Å²) in [5.74, 6) is 0. The minimum absolute atomic E-state index is 0.116. The Bertz CT molecular complexity index is 251. The molecule has 1 saturated heterocycles. The average Bonchev–Trinajstić information content (AvgIpc) is 2.23. The Morgan fingerprint density at radius 3 is 2.06 bits per heavy atom. The van der Waals surface area contributed by atoms with Crippen LogP contribution in [0.2, 0.25) is 0 Å². The first-order valence-electron chi connectivity index (χ1n) is 6.90. The van der Waals surface area contributed by atoms with Crippen LogP contribution in [0.1, 0.15) is 54.4 Å². The number of hydrogen-bond donors (Lipinski definition) is 1. The summed E-state index contributed by atoms with van der Waals surface area (Å²) in [6.45, 7) is 13.8. The van der Waals surface area contributed by atoms with Crippen molar-refractivity contribution in [2.45, 2.75) is 65.5 Å². The average molecular weight is 258 g/mol. The topological polar surface area (TPSA) is 41.6 Å². The van der Waals surface area contributed by atoms with E-state index in [1.54, 1.807) is 0 Å². The fraction of sp³-hybridized carbons (Fsp3) is 0.929. The van der Waals surface area contributed by atoms with Gasteiger partial charge in [0.25, 0.3) is 0 Å². The molecule has 1 N–H and O–H groups in total. The molecule has 18 heavy (non-hydrogen) atoms. The molecule has 1 aliphatic rings. The second-order valence-corrected chi connectivity index (χ2v) is 5.99. The first-order valence-corrected chi connectivity index (χ1v) is 6.90. The molecule has 4 heteroatoms. The van der Waals surface area contributed by atoms with Gasteiger partial charge in [0.1, 0.15) is 5.60 Å². The number of hydrogen-bond acceptors (Lipinski definition) is 3. The number of carbonyl (C=O) groups excluding carboxylic acids is 1. The maximum absolute atomic E-state index is 11.7. The summed E-state index contributed by atoms with van der Waals surface area (Å²) < 4.78 is 5.27. The van der Waals surface area contributed by atoms with Gasteiger partial charge in [0, 0.05) is 18.6 Å². The van der Waals surface area contributed by atoms with Crippen molar-refractivity contribution in [1.29, 1.82) is 0 Å². The van der Waals surface area contributed by atoms with Crippen LogP contribution in [0.15, 0.2) is 0 Å². The van der Waals surface area contributed by atoms with Crippen LogP contribution in [0.25, 0.3) is 0 Å². The van der Waals surface area contributed by atoms with Crippen LogP contribution in [0.4, 0.5) is 4.79 Å². The van der Waals surface area contributed by atoms with Crippen LogP contribution < -0.4 is 5.32 Å². The van der Waals surface area contributed by atoms with Crippen molar-refractivity contribution in [2.24, 2.45) is 0 Å². The van der Waals surface area contributed by atoms with Crippen LogP contribution in [-0.2, 0) is 4.74 Å². The van der Waals surface area contributed by atoms with Gasteiger partial charge in [-0.1, -0.05) is 13.8 Å². The van der Waals surface area contributed by atoms with Gasteiger partial charge < -0.3 is 15.0 Å². The number of piperidine rings is 1. The summed E-state index contributed by atoms with van der Waals surface area (Å²) in [5.41, 5.74) is -0.541. The Balaban J connectivity index is 0.00000137. The third kappa shape index (κ3) is 6.84. The van der Waals surface area contributed by atoms with Crippen LogP contribution >= 0.6 is 0 Å². The van der Waals surface area contributed by atoms with Crippen molar-refractivity contribution >= 4 is 6.09 Å². The van der Waals surface area contributed by atoms with E-state index < -0.39 is 5.60 Å². The third-order valence-corrected chi connectivity index (χ3v) is 2.89. The number of nitrogens with zero attached hydrogens (tertiary/aromatic N) is 1. The summed E-state index contributed by atoms with van der Waals surface area (Å²) in [6, 6.07) is 0. The second kappa shape index (κ2) is 6.98. The highest BCUT2D eigenvalue weighted by Crippen LogP contribution is 2.21. The molecule has 0 aromatic heterocycles. The fourth-order valence-electron chi connectivity index (χ4n) is 1.79. The van der Waals surface area contributed by atoms with Gasteiger partial charge in [-0.3, -0.25) is 0 Å². The van der Waals surface area contributed by atoms with Crippen molar-refractivity contribution in [2.75, 3.05) is 20.1 Å². The molecule has 4 nitrogen and oxygen atoms in total. The quantitative estimate of drug-likeness (QED) is 0.786. The largest absolute Gasteiger partial charge is 0.444 e. The number of carbonyl (C=O) groups is 1. The highest BCUT2D eigenvalue weighted by Gasteiger charge is 2.31. The van der Waals surface area contributed by atoms with E-state index in [0.29, 0.717) is 0 Å². The molecular formula is C14H30N2O2. The van der Waals surface area contributed by atoms with E-state index in [1.807, 2.05) is 34.6 Å². The molecule has 0 aliphatic carbocycles. The first kappa shape index (κ1) is 17.2. The number of amides is 1. The summed E-state index contributed by atoms with van der Waals surface area (Å²) >= 11 is 0. The SMILES string of the molecule is CC.CN1CCC(C)(NC(=O)OC(C)(C)C)CC1. The molecule has 1 rings (SSSR count). The summed E-state index contributed by atoms with van der Waals surface area (Å²) in [6.07, 6.45) is 1.64. The van der Waals surface area contributed by atoms with Crippen LogP contribution in [0.5, 0.6) is 0 Å². The molecule has 1 fully saturated rings. The Kier molecular flexibility index (Phi) is 6.68. The zero-order valence-corrected chi connectivity index (χ0v) is 13.1. The molecule has 0 aromatic carbocycles. The van der Waals surface area contributed by atoms with E-state index in [2.05, 4.69) is 24.2 Å². The lowest BCUT2D eigenvalue weighted by molar-refractivity contribution is 0.0415. The smallest absolute Gasteiger partial charge is 0.408 e. The van der Waals surface area contributed by atoms with Gasteiger partial charge in [0.2, 0.25) is 0 Å². The molecule has 0 atom stereocenters. The lowest BCUT2D eigenvalue weighted by Crippen LogP contribution is -2.53. The zero-order valence-electron chi connectivity index (χ0n) is 13.1. The van der Waals surface area contributed by atoms with E-state index in [9.17, 15) is 4.79 Å². The van der Waals surface area contributed by atoms with Crippen LogP contribution in [0.3, 0.4) is 0 Å². The van der Waals surface area contributed by atoms with Gasteiger partial charge in [-0.2, -0.15) is 0 Å². The van der Waals surface area contributed by atoms with Crippen molar-refractivity contribution in [3.8, 4) is 0 Å². The van der Waals surface area contributed by atoms with Gasteiger partial charge >= 0.3 is 6.09 Å². The van der Waals surface area contributed by atoms with Gasteiger partial charge in [-0.05, 0) is 47.6 Å². The first-order chi connectivity index (χ1) is 8.20. The zero-order chi connectivity index (χ0) is 14.4. The number of rotatable bonds is 1. The number of nitrogens with one attached hydrogen (secondary N) is 1. The Morgan fingerprint density at radius 1 is 1.22 bits per heavy atom. The van der Waals surface area contributed by atoms with Crippen molar-refractivity contribution in [1.82, 2.24) is 10.2 Å². The lowest BCUT2D eigenvalue weighted by atomic mass is 9.90. The van der Waals surface area contributed by atoms with Gasteiger partial charge in [0.05, 0.1) is 0 Å². The minimum Gasteiger partial charge on any atom is -0.444 e.